The summed E-state index contributed by atoms with van der Waals surface area (Å²) in [5.41, 5.74) is 2.85. The van der Waals surface area contributed by atoms with Crippen LogP contribution in [0.1, 0.15) is 5.56 Å². The van der Waals surface area contributed by atoms with Crippen LogP contribution in [0.15, 0.2) is 59.4 Å². The summed E-state index contributed by atoms with van der Waals surface area (Å²) in [5, 5.41) is 9.64. The second-order valence-electron chi connectivity index (χ2n) is 4.81. The maximum Gasteiger partial charge on any atom is 0.257 e. The fourth-order valence-electron chi connectivity index (χ4n) is 2.11. The number of H-pyrrole nitrogens is 1. The molecule has 0 bridgehead atoms. The van der Waals surface area contributed by atoms with E-state index in [0.717, 1.165) is 16.7 Å². The van der Waals surface area contributed by atoms with E-state index in [0.29, 0.717) is 5.82 Å². The van der Waals surface area contributed by atoms with E-state index in [9.17, 15) is 9.90 Å². The first-order valence-corrected chi connectivity index (χ1v) is 6.61. The Labute approximate surface area is 121 Å². The molecular formula is C17H14N2O2. The molecule has 104 valence electrons. The van der Waals surface area contributed by atoms with Crippen LogP contribution in [-0.2, 0) is 0 Å². The van der Waals surface area contributed by atoms with Crippen LogP contribution < -0.4 is 5.56 Å². The van der Waals surface area contributed by atoms with Crippen LogP contribution in [0.5, 0.6) is 5.88 Å². The highest BCUT2D eigenvalue weighted by Gasteiger charge is 2.08. The third kappa shape index (κ3) is 2.56. The van der Waals surface area contributed by atoms with Gasteiger partial charge in [0.1, 0.15) is 5.82 Å². The summed E-state index contributed by atoms with van der Waals surface area (Å²) in [6, 6.07) is 17.7. The fourth-order valence-corrected chi connectivity index (χ4v) is 2.11. The van der Waals surface area contributed by atoms with Crippen LogP contribution in [0.2, 0.25) is 0 Å². The molecule has 0 aliphatic heterocycles. The topological polar surface area (TPSA) is 66.0 Å². The Morgan fingerprint density at radius 3 is 2.10 bits per heavy atom. The molecule has 4 heteroatoms. The van der Waals surface area contributed by atoms with Gasteiger partial charge in [0, 0.05) is 5.56 Å². The lowest BCUT2D eigenvalue weighted by Gasteiger charge is -2.05. The van der Waals surface area contributed by atoms with E-state index < -0.39 is 0 Å². The van der Waals surface area contributed by atoms with Gasteiger partial charge in [-0.3, -0.25) is 4.79 Å². The molecular weight excluding hydrogens is 264 g/mol. The number of rotatable bonds is 2. The van der Waals surface area contributed by atoms with E-state index in [-0.39, 0.29) is 17.0 Å². The van der Waals surface area contributed by atoms with E-state index >= 15 is 0 Å². The Balaban J connectivity index is 2.00. The summed E-state index contributed by atoms with van der Waals surface area (Å²) in [5.74, 6) is 0.128. The number of benzene rings is 2. The number of aromatic hydroxyl groups is 1. The zero-order valence-electron chi connectivity index (χ0n) is 11.5. The third-order valence-corrected chi connectivity index (χ3v) is 3.39. The number of nitrogens with one attached hydrogen (secondary N) is 1. The van der Waals surface area contributed by atoms with Gasteiger partial charge >= 0.3 is 0 Å². The van der Waals surface area contributed by atoms with Gasteiger partial charge in [-0.1, -0.05) is 54.6 Å². The van der Waals surface area contributed by atoms with Gasteiger partial charge < -0.3 is 10.1 Å². The Morgan fingerprint density at radius 2 is 1.48 bits per heavy atom. The highest BCUT2D eigenvalue weighted by atomic mass is 16.3. The molecule has 0 radical (unpaired) electrons. The van der Waals surface area contributed by atoms with Crippen molar-refractivity contribution in [3.05, 3.63) is 70.5 Å². The Hall–Kier alpha value is -2.88. The van der Waals surface area contributed by atoms with Crippen LogP contribution in [0.3, 0.4) is 0 Å². The van der Waals surface area contributed by atoms with E-state index in [4.69, 9.17) is 0 Å². The maximum absolute atomic E-state index is 11.7. The predicted molar refractivity (Wildman–Crippen MR) is 82.1 cm³/mol. The second kappa shape index (κ2) is 5.25. The number of aromatic amines is 1. The number of nitrogens with zero attached hydrogens (tertiary/aromatic N) is 1. The highest BCUT2D eigenvalue weighted by molar-refractivity contribution is 5.67. The minimum Gasteiger partial charge on any atom is -0.493 e. The quantitative estimate of drug-likeness (QED) is 0.757. The second-order valence-corrected chi connectivity index (χ2v) is 4.81. The normalized spacial score (nSPS) is 10.5. The smallest absolute Gasteiger partial charge is 0.257 e. The summed E-state index contributed by atoms with van der Waals surface area (Å²) in [4.78, 5) is 18.3. The molecule has 2 N–H and O–H groups in total. The summed E-state index contributed by atoms with van der Waals surface area (Å²) in [6.45, 7) is 1.53. The SMILES string of the molecule is Cc1c(O)nc(-c2ccc(-c3ccccc3)cc2)[nH]c1=O. The van der Waals surface area contributed by atoms with Gasteiger partial charge in [-0.15, -0.1) is 0 Å². The van der Waals surface area contributed by atoms with Crippen molar-refractivity contribution in [3.8, 4) is 28.4 Å². The van der Waals surface area contributed by atoms with E-state index in [1.165, 1.54) is 6.92 Å². The van der Waals surface area contributed by atoms with Gasteiger partial charge in [0.15, 0.2) is 0 Å². The van der Waals surface area contributed by atoms with E-state index in [2.05, 4.69) is 9.97 Å². The van der Waals surface area contributed by atoms with Crippen molar-refractivity contribution >= 4 is 0 Å². The summed E-state index contributed by atoms with van der Waals surface area (Å²) < 4.78 is 0. The molecule has 0 unspecified atom stereocenters. The monoisotopic (exact) mass is 278 g/mol. The summed E-state index contributed by atoms with van der Waals surface area (Å²) in [6.07, 6.45) is 0. The molecule has 21 heavy (non-hydrogen) atoms. The molecule has 3 rings (SSSR count). The van der Waals surface area contributed by atoms with E-state index in [1.807, 2.05) is 54.6 Å². The van der Waals surface area contributed by atoms with Crippen molar-refractivity contribution in [2.75, 3.05) is 0 Å². The predicted octanol–water partition coefficient (Wildman–Crippen LogP) is 3.12. The molecule has 2 aromatic carbocycles. The van der Waals surface area contributed by atoms with Crippen LogP contribution >= 0.6 is 0 Å². The molecule has 0 saturated carbocycles. The number of aromatic nitrogens is 2. The fraction of sp³-hybridized carbons (Fsp3) is 0.0588. The van der Waals surface area contributed by atoms with Gasteiger partial charge in [-0.25, -0.2) is 0 Å². The standard InChI is InChI=1S/C17H14N2O2/c1-11-16(20)18-15(19-17(11)21)14-9-7-13(8-10-14)12-5-3-2-4-6-12/h2-10H,1H3,(H2,18,19,20,21). The van der Waals surface area contributed by atoms with Crippen molar-refractivity contribution in [1.29, 1.82) is 0 Å². The molecule has 3 aromatic rings. The molecule has 0 atom stereocenters. The first kappa shape index (κ1) is 13.1. The minimum absolute atomic E-state index is 0.222. The largest absolute Gasteiger partial charge is 0.493 e. The lowest BCUT2D eigenvalue weighted by Crippen LogP contribution is -2.12. The highest BCUT2D eigenvalue weighted by Crippen LogP contribution is 2.23. The Bertz CT molecular complexity index is 822. The molecule has 1 heterocycles. The van der Waals surface area contributed by atoms with Crippen LogP contribution in [0.4, 0.5) is 0 Å². The first-order chi connectivity index (χ1) is 10.1. The molecule has 1 aromatic heterocycles. The molecule has 4 nitrogen and oxygen atoms in total. The van der Waals surface area contributed by atoms with Crippen LogP contribution in [0.25, 0.3) is 22.5 Å². The molecule has 0 aliphatic rings. The minimum atomic E-state index is -0.329. The van der Waals surface area contributed by atoms with Gasteiger partial charge in [0.05, 0.1) is 5.56 Å². The molecule has 0 saturated heterocycles. The number of hydrogen-bond donors (Lipinski definition) is 2. The number of hydrogen-bond acceptors (Lipinski definition) is 3. The first-order valence-electron chi connectivity index (χ1n) is 6.61. The molecule has 0 spiro atoms. The van der Waals surface area contributed by atoms with Crippen LogP contribution in [0, 0.1) is 6.92 Å². The van der Waals surface area contributed by atoms with Crippen molar-refractivity contribution in [3.63, 3.8) is 0 Å². The van der Waals surface area contributed by atoms with Crippen molar-refractivity contribution in [2.24, 2.45) is 0 Å². The van der Waals surface area contributed by atoms with Crippen molar-refractivity contribution in [2.45, 2.75) is 6.92 Å². The third-order valence-electron chi connectivity index (χ3n) is 3.39. The molecule has 0 fully saturated rings. The lowest BCUT2D eigenvalue weighted by atomic mass is 10.0. The maximum atomic E-state index is 11.7. The zero-order chi connectivity index (χ0) is 14.8. The van der Waals surface area contributed by atoms with Crippen LogP contribution in [-0.4, -0.2) is 15.1 Å². The average Bonchev–Trinajstić information content (AvgIpc) is 2.53. The summed E-state index contributed by atoms with van der Waals surface area (Å²) >= 11 is 0. The lowest BCUT2D eigenvalue weighted by molar-refractivity contribution is 0.447. The average molecular weight is 278 g/mol. The zero-order valence-corrected chi connectivity index (χ0v) is 11.5. The van der Waals surface area contributed by atoms with Gasteiger partial charge in [0.2, 0.25) is 5.88 Å². The summed E-state index contributed by atoms with van der Waals surface area (Å²) in [7, 11) is 0. The molecule has 0 amide bonds. The Kier molecular flexibility index (Phi) is 3.28. The Morgan fingerprint density at radius 1 is 0.905 bits per heavy atom. The van der Waals surface area contributed by atoms with Gasteiger partial charge in [0.25, 0.3) is 5.56 Å². The van der Waals surface area contributed by atoms with Crippen molar-refractivity contribution < 1.29 is 5.11 Å². The molecule has 0 aliphatic carbocycles. The van der Waals surface area contributed by atoms with Gasteiger partial charge in [-0.2, -0.15) is 4.98 Å². The van der Waals surface area contributed by atoms with Gasteiger partial charge in [-0.05, 0) is 18.1 Å². The van der Waals surface area contributed by atoms with Crippen molar-refractivity contribution in [1.82, 2.24) is 9.97 Å². The van der Waals surface area contributed by atoms with E-state index in [1.54, 1.807) is 0 Å².